The Kier molecular flexibility index (Phi) is 6.64. The average Bonchev–Trinajstić information content (AvgIpc) is 3.07. The first-order valence-corrected chi connectivity index (χ1v) is 9.44. The van der Waals surface area contributed by atoms with Gasteiger partial charge in [0, 0.05) is 18.5 Å². The molecule has 31 heavy (non-hydrogen) atoms. The van der Waals surface area contributed by atoms with Gasteiger partial charge in [0.1, 0.15) is 6.61 Å². The number of rotatable bonds is 8. The molecular weight excluding hydrogens is 410 g/mol. The van der Waals surface area contributed by atoms with Crippen molar-refractivity contribution < 1.29 is 33.0 Å². The molecule has 9 heteroatoms. The Balaban J connectivity index is 1.52. The highest BCUT2D eigenvalue weighted by Gasteiger charge is 2.39. The van der Waals surface area contributed by atoms with Gasteiger partial charge in [0.05, 0.1) is 6.54 Å². The molecule has 0 unspecified atom stereocenters. The topological polar surface area (TPSA) is 105 Å². The van der Waals surface area contributed by atoms with Crippen molar-refractivity contribution in [2.75, 3.05) is 19.7 Å². The third-order valence-corrected chi connectivity index (χ3v) is 4.77. The number of hydrogen-bond donors (Lipinski definition) is 3. The van der Waals surface area contributed by atoms with Gasteiger partial charge in [-0.3, -0.25) is 4.79 Å². The van der Waals surface area contributed by atoms with Gasteiger partial charge in [-0.05, 0) is 22.3 Å². The number of ether oxygens (including phenoxy) is 1. The van der Waals surface area contributed by atoms with Crippen LogP contribution in [0.15, 0.2) is 60.7 Å². The summed E-state index contributed by atoms with van der Waals surface area (Å²) in [5, 5.41) is 12.2. The molecule has 3 rings (SSSR count). The van der Waals surface area contributed by atoms with E-state index >= 15 is 0 Å². The number of aliphatic carboxylic acids is 1. The van der Waals surface area contributed by atoms with Gasteiger partial charge in [-0.2, -0.15) is 8.78 Å². The Labute approximate surface area is 176 Å². The minimum absolute atomic E-state index is 0.0440. The molecule has 2 aromatic rings. The van der Waals surface area contributed by atoms with Gasteiger partial charge in [0.25, 0.3) is 5.91 Å². The lowest BCUT2D eigenvalue weighted by molar-refractivity contribution is -0.144. The number of hydrogen-bond acceptors (Lipinski definition) is 4. The molecule has 0 saturated carbocycles. The molecule has 0 radical (unpaired) electrons. The van der Waals surface area contributed by atoms with Crippen molar-refractivity contribution in [2.45, 2.75) is 11.8 Å². The summed E-state index contributed by atoms with van der Waals surface area (Å²) in [6.45, 7) is -1.68. The molecule has 2 amide bonds. The number of nitrogens with one attached hydrogen (secondary N) is 2. The van der Waals surface area contributed by atoms with Gasteiger partial charge in [-0.1, -0.05) is 54.6 Å². The summed E-state index contributed by atoms with van der Waals surface area (Å²) in [4.78, 5) is 33.8. The SMILES string of the molecule is O=C(O)/C=C/CNC(=O)C(F)(F)CNC(=O)OCC1c2ccccc2-c2ccccc21. The maximum Gasteiger partial charge on any atom is 0.407 e. The van der Waals surface area contributed by atoms with Crippen LogP contribution in [0.25, 0.3) is 11.1 Å². The third-order valence-electron chi connectivity index (χ3n) is 4.77. The number of alkyl carbamates (subject to hydrolysis) is 1. The quantitative estimate of drug-likeness (QED) is 0.559. The van der Waals surface area contributed by atoms with Gasteiger partial charge in [0.15, 0.2) is 0 Å². The lowest BCUT2D eigenvalue weighted by Crippen LogP contribution is -2.48. The van der Waals surface area contributed by atoms with Crippen LogP contribution in [0, 0.1) is 0 Å². The summed E-state index contributed by atoms with van der Waals surface area (Å²) < 4.78 is 32.9. The Morgan fingerprint density at radius 3 is 2.16 bits per heavy atom. The number of alkyl halides is 2. The van der Waals surface area contributed by atoms with E-state index in [-0.39, 0.29) is 19.1 Å². The maximum absolute atomic E-state index is 13.9. The van der Waals surface area contributed by atoms with Crippen LogP contribution in [0.4, 0.5) is 13.6 Å². The van der Waals surface area contributed by atoms with E-state index in [2.05, 4.69) is 0 Å². The number of fused-ring (bicyclic) bond motifs is 3. The molecule has 0 atom stereocenters. The Morgan fingerprint density at radius 2 is 1.58 bits per heavy atom. The molecule has 1 aliphatic rings. The van der Waals surface area contributed by atoms with E-state index in [0.717, 1.165) is 28.3 Å². The van der Waals surface area contributed by atoms with Crippen molar-refractivity contribution >= 4 is 18.0 Å². The van der Waals surface area contributed by atoms with Crippen molar-refractivity contribution in [1.82, 2.24) is 10.6 Å². The molecule has 0 heterocycles. The van der Waals surface area contributed by atoms with Gasteiger partial charge < -0.3 is 20.5 Å². The van der Waals surface area contributed by atoms with E-state index in [1.807, 2.05) is 59.2 Å². The Bertz CT molecular complexity index is 977. The smallest absolute Gasteiger partial charge is 0.407 e. The molecule has 162 valence electrons. The second kappa shape index (κ2) is 9.38. The Hall–Kier alpha value is -3.75. The van der Waals surface area contributed by atoms with Crippen molar-refractivity contribution in [1.29, 1.82) is 0 Å². The highest BCUT2D eigenvalue weighted by molar-refractivity contribution is 5.85. The predicted octanol–water partition coefficient (Wildman–Crippen LogP) is 2.92. The fourth-order valence-electron chi connectivity index (χ4n) is 3.35. The van der Waals surface area contributed by atoms with Crippen LogP contribution >= 0.6 is 0 Å². The summed E-state index contributed by atoms with van der Waals surface area (Å²) in [5.41, 5.74) is 4.03. The van der Waals surface area contributed by atoms with E-state index in [9.17, 15) is 23.2 Å². The van der Waals surface area contributed by atoms with Crippen molar-refractivity contribution in [3.63, 3.8) is 0 Å². The molecule has 0 aliphatic heterocycles. The van der Waals surface area contributed by atoms with E-state index in [4.69, 9.17) is 9.84 Å². The molecule has 0 spiro atoms. The number of carbonyl (C=O) groups is 3. The minimum atomic E-state index is -3.89. The fraction of sp³-hybridized carbons (Fsp3) is 0.227. The van der Waals surface area contributed by atoms with Crippen LogP contribution < -0.4 is 10.6 Å². The predicted molar refractivity (Wildman–Crippen MR) is 108 cm³/mol. The Morgan fingerprint density at radius 1 is 1.00 bits per heavy atom. The summed E-state index contributed by atoms with van der Waals surface area (Å²) in [5.74, 6) is -7.01. The molecule has 1 aliphatic carbocycles. The normalized spacial score (nSPS) is 12.8. The number of carboxylic acid groups (broad SMARTS) is 1. The highest BCUT2D eigenvalue weighted by atomic mass is 19.3. The van der Waals surface area contributed by atoms with E-state index in [0.29, 0.717) is 6.08 Å². The van der Waals surface area contributed by atoms with Gasteiger partial charge in [-0.15, -0.1) is 0 Å². The van der Waals surface area contributed by atoms with Crippen molar-refractivity contribution in [3.05, 3.63) is 71.8 Å². The summed E-state index contributed by atoms with van der Waals surface area (Å²) in [6.07, 6.45) is 0.656. The third kappa shape index (κ3) is 5.25. The number of halogens is 2. The maximum atomic E-state index is 13.9. The largest absolute Gasteiger partial charge is 0.478 e. The molecule has 0 fully saturated rings. The molecule has 0 aromatic heterocycles. The molecule has 0 saturated heterocycles. The molecule has 3 N–H and O–H groups in total. The first kappa shape index (κ1) is 21.9. The monoisotopic (exact) mass is 430 g/mol. The van der Waals surface area contributed by atoms with Gasteiger partial charge in [-0.25, -0.2) is 9.59 Å². The average molecular weight is 430 g/mol. The van der Waals surface area contributed by atoms with Crippen molar-refractivity contribution in [2.24, 2.45) is 0 Å². The minimum Gasteiger partial charge on any atom is -0.478 e. The molecule has 7 nitrogen and oxygen atoms in total. The van der Waals surface area contributed by atoms with Crippen molar-refractivity contribution in [3.8, 4) is 11.1 Å². The van der Waals surface area contributed by atoms with Gasteiger partial charge in [0.2, 0.25) is 0 Å². The van der Waals surface area contributed by atoms with Crippen LogP contribution in [-0.2, 0) is 14.3 Å². The zero-order valence-electron chi connectivity index (χ0n) is 16.3. The number of benzene rings is 2. The molecule has 0 bridgehead atoms. The number of amides is 2. The first-order chi connectivity index (χ1) is 14.8. The molecular formula is C22H20F2N2O5. The second-order valence-corrected chi connectivity index (χ2v) is 6.83. The van der Waals surface area contributed by atoms with Crippen LogP contribution in [0.1, 0.15) is 17.0 Å². The van der Waals surface area contributed by atoms with Gasteiger partial charge >= 0.3 is 18.0 Å². The van der Waals surface area contributed by atoms with Crippen LogP contribution in [0.5, 0.6) is 0 Å². The van der Waals surface area contributed by atoms with E-state index in [1.54, 1.807) is 0 Å². The molecule has 2 aromatic carbocycles. The van der Waals surface area contributed by atoms with E-state index < -0.39 is 30.4 Å². The summed E-state index contributed by atoms with van der Waals surface area (Å²) in [7, 11) is 0. The fourth-order valence-corrected chi connectivity index (χ4v) is 3.35. The van der Waals surface area contributed by atoms with Crippen LogP contribution in [-0.4, -0.2) is 48.7 Å². The summed E-state index contributed by atoms with van der Waals surface area (Å²) in [6, 6.07) is 15.4. The second-order valence-electron chi connectivity index (χ2n) is 6.83. The van der Waals surface area contributed by atoms with Crippen LogP contribution in [0.2, 0.25) is 0 Å². The zero-order valence-corrected chi connectivity index (χ0v) is 16.3. The highest BCUT2D eigenvalue weighted by Crippen LogP contribution is 2.44. The lowest BCUT2D eigenvalue weighted by Gasteiger charge is -2.17. The van der Waals surface area contributed by atoms with E-state index in [1.165, 1.54) is 0 Å². The summed E-state index contributed by atoms with van der Waals surface area (Å²) >= 11 is 0. The van der Waals surface area contributed by atoms with Crippen LogP contribution in [0.3, 0.4) is 0 Å². The first-order valence-electron chi connectivity index (χ1n) is 9.44. The lowest BCUT2D eigenvalue weighted by atomic mass is 9.98. The zero-order chi connectivity index (χ0) is 22.4. The number of carboxylic acids is 1. The standard InChI is InChI=1S/C22H20F2N2O5/c23-22(24,20(29)25-11-5-10-19(27)28)13-26-21(30)31-12-18-16-8-3-1-6-14(16)15-7-2-4-9-17(15)18/h1-10,18H,11-13H2,(H,25,29)(H,26,30)(H,27,28)/b10-5+. The number of carbonyl (C=O) groups excluding carboxylic acids is 2.